The summed E-state index contributed by atoms with van der Waals surface area (Å²) in [5, 5.41) is 17.9. The summed E-state index contributed by atoms with van der Waals surface area (Å²) in [7, 11) is 0. The molecule has 18 heavy (non-hydrogen) atoms. The van der Waals surface area contributed by atoms with Crippen molar-refractivity contribution < 1.29 is 9.90 Å². The molecule has 0 aliphatic heterocycles. The number of hydrogen-bond acceptors (Lipinski definition) is 3. The van der Waals surface area contributed by atoms with Gasteiger partial charge in [-0.05, 0) is 24.3 Å². The number of para-hydroxylation sites is 1. The molecule has 0 saturated heterocycles. The third kappa shape index (κ3) is 1.87. The summed E-state index contributed by atoms with van der Waals surface area (Å²) in [5.41, 5.74) is -0.524. The molecule has 5 nitrogen and oxygen atoms in total. The summed E-state index contributed by atoms with van der Waals surface area (Å²) in [6.07, 6.45) is 0. The molecule has 0 atom stereocenters. The molecule has 0 unspecified atom stereocenters. The lowest BCUT2D eigenvalue weighted by Gasteiger charge is -2.08. The Bertz CT molecular complexity index is 696. The molecule has 0 fully saturated rings. The van der Waals surface area contributed by atoms with Gasteiger partial charge in [0, 0.05) is 5.69 Å². The molecule has 0 bridgehead atoms. The van der Waals surface area contributed by atoms with Crippen LogP contribution in [0.1, 0.15) is 16.1 Å². The SMILES string of the molecule is N#Cc1ccc(C(=O)O)c(=O)n1-c1ccccc1. The summed E-state index contributed by atoms with van der Waals surface area (Å²) in [5.74, 6) is -1.31. The largest absolute Gasteiger partial charge is 0.477 e. The molecule has 88 valence electrons. The minimum absolute atomic E-state index is 0.0937. The molecule has 0 radical (unpaired) electrons. The van der Waals surface area contributed by atoms with Gasteiger partial charge in [0.05, 0.1) is 0 Å². The van der Waals surface area contributed by atoms with Gasteiger partial charge in [0.15, 0.2) is 0 Å². The van der Waals surface area contributed by atoms with Gasteiger partial charge in [0.2, 0.25) is 0 Å². The quantitative estimate of drug-likeness (QED) is 0.860. The monoisotopic (exact) mass is 240 g/mol. The third-order valence-corrected chi connectivity index (χ3v) is 2.44. The van der Waals surface area contributed by atoms with Crippen LogP contribution in [0.5, 0.6) is 0 Å². The van der Waals surface area contributed by atoms with E-state index >= 15 is 0 Å². The molecule has 1 aromatic carbocycles. The predicted molar refractivity (Wildman–Crippen MR) is 63.7 cm³/mol. The van der Waals surface area contributed by atoms with Gasteiger partial charge < -0.3 is 5.11 Å². The van der Waals surface area contributed by atoms with Crippen LogP contribution >= 0.6 is 0 Å². The van der Waals surface area contributed by atoms with Crippen molar-refractivity contribution in [2.75, 3.05) is 0 Å². The van der Waals surface area contributed by atoms with E-state index in [9.17, 15) is 9.59 Å². The second kappa shape index (κ2) is 4.55. The highest BCUT2D eigenvalue weighted by molar-refractivity contribution is 5.87. The van der Waals surface area contributed by atoms with E-state index in [0.29, 0.717) is 5.69 Å². The van der Waals surface area contributed by atoms with Crippen LogP contribution in [0.25, 0.3) is 5.69 Å². The lowest BCUT2D eigenvalue weighted by Crippen LogP contribution is -2.26. The van der Waals surface area contributed by atoms with Crippen LogP contribution in [0.2, 0.25) is 0 Å². The molecule has 1 N–H and O–H groups in total. The first kappa shape index (κ1) is 11.6. The van der Waals surface area contributed by atoms with Crippen LogP contribution in [-0.2, 0) is 0 Å². The Morgan fingerprint density at radius 2 is 1.83 bits per heavy atom. The van der Waals surface area contributed by atoms with Crippen LogP contribution < -0.4 is 5.56 Å². The van der Waals surface area contributed by atoms with Crippen LogP contribution in [0.4, 0.5) is 0 Å². The molecule has 0 aliphatic carbocycles. The number of aromatic carboxylic acids is 1. The molecular weight excluding hydrogens is 232 g/mol. The second-order valence-corrected chi connectivity index (χ2v) is 3.53. The van der Waals surface area contributed by atoms with Crippen LogP contribution in [0.15, 0.2) is 47.3 Å². The first-order chi connectivity index (χ1) is 8.65. The van der Waals surface area contributed by atoms with Gasteiger partial charge in [-0.25, -0.2) is 4.79 Å². The third-order valence-electron chi connectivity index (χ3n) is 2.44. The minimum Gasteiger partial charge on any atom is -0.477 e. The van der Waals surface area contributed by atoms with Crippen molar-refractivity contribution in [2.45, 2.75) is 0 Å². The number of nitrogens with zero attached hydrogens (tertiary/aromatic N) is 2. The smallest absolute Gasteiger partial charge is 0.341 e. The normalized spacial score (nSPS) is 9.72. The first-order valence-electron chi connectivity index (χ1n) is 5.10. The number of pyridine rings is 1. The van der Waals surface area contributed by atoms with E-state index in [1.165, 1.54) is 6.07 Å². The molecule has 1 heterocycles. The molecule has 0 aliphatic rings. The number of hydrogen-bond donors (Lipinski definition) is 1. The Balaban J connectivity index is 2.81. The average molecular weight is 240 g/mol. The van der Waals surface area contributed by atoms with Crippen molar-refractivity contribution in [1.82, 2.24) is 4.57 Å². The van der Waals surface area contributed by atoms with Gasteiger partial charge in [-0.2, -0.15) is 5.26 Å². The van der Waals surface area contributed by atoms with Crippen molar-refractivity contribution >= 4 is 5.97 Å². The van der Waals surface area contributed by atoms with Crippen LogP contribution in [-0.4, -0.2) is 15.6 Å². The van der Waals surface area contributed by atoms with Gasteiger partial charge in [0.25, 0.3) is 5.56 Å². The van der Waals surface area contributed by atoms with Crippen molar-refractivity contribution in [1.29, 1.82) is 5.26 Å². The zero-order valence-electron chi connectivity index (χ0n) is 9.20. The number of carboxylic acid groups (broad SMARTS) is 1. The van der Waals surface area contributed by atoms with Gasteiger partial charge in [0.1, 0.15) is 17.3 Å². The second-order valence-electron chi connectivity index (χ2n) is 3.53. The highest BCUT2D eigenvalue weighted by Gasteiger charge is 2.14. The van der Waals surface area contributed by atoms with E-state index in [-0.39, 0.29) is 11.3 Å². The van der Waals surface area contributed by atoms with E-state index in [4.69, 9.17) is 10.4 Å². The number of carbonyl (C=O) groups is 1. The Hall–Kier alpha value is -2.87. The van der Waals surface area contributed by atoms with Gasteiger partial charge in [-0.3, -0.25) is 9.36 Å². The molecular formula is C13H8N2O3. The maximum atomic E-state index is 12.0. The zero-order valence-corrected chi connectivity index (χ0v) is 9.20. The molecule has 5 heteroatoms. The number of rotatable bonds is 2. The summed E-state index contributed by atoms with van der Waals surface area (Å²) >= 11 is 0. The number of nitriles is 1. The van der Waals surface area contributed by atoms with E-state index in [1.54, 1.807) is 30.3 Å². The van der Waals surface area contributed by atoms with Crippen molar-refractivity contribution in [3.05, 3.63) is 64.1 Å². The van der Waals surface area contributed by atoms with E-state index in [0.717, 1.165) is 10.6 Å². The van der Waals surface area contributed by atoms with Crippen molar-refractivity contribution in [3.8, 4) is 11.8 Å². The van der Waals surface area contributed by atoms with Crippen molar-refractivity contribution in [3.63, 3.8) is 0 Å². The lowest BCUT2D eigenvalue weighted by atomic mass is 10.2. The summed E-state index contributed by atoms with van der Waals surface area (Å²) in [6.45, 7) is 0. The highest BCUT2D eigenvalue weighted by Crippen LogP contribution is 2.08. The highest BCUT2D eigenvalue weighted by atomic mass is 16.4. The fraction of sp³-hybridized carbons (Fsp3) is 0. The number of benzene rings is 1. The first-order valence-corrected chi connectivity index (χ1v) is 5.10. The molecule has 1 aromatic heterocycles. The molecule has 2 aromatic rings. The van der Waals surface area contributed by atoms with Gasteiger partial charge in [-0.15, -0.1) is 0 Å². The number of carboxylic acids is 1. The summed E-state index contributed by atoms with van der Waals surface area (Å²) in [4.78, 5) is 22.9. The Labute approximate surface area is 102 Å². The Morgan fingerprint density at radius 1 is 1.17 bits per heavy atom. The lowest BCUT2D eigenvalue weighted by molar-refractivity contribution is 0.0694. The summed E-state index contributed by atoms with van der Waals surface area (Å²) in [6, 6.07) is 12.8. The van der Waals surface area contributed by atoms with E-state index in [2.05, 4.69) is 0 Å². The number of aromatic nitrogens is 1. The van der Waals surface area contributed by atoms with Crippen molar-refractivity contribution in [2.24, 2.45) is 0 Å². The molecule has 0 amide bonds. The van der Waals surface area contributed by atoms with E-state index in [1.807, 2.05) is 6.07 Å². The van der Waals surface area contributed by atoms with Gasteiger partial charge >= 0.3 is 5.97 Å². The fourth-order valence-corrected chi connectivity index (χ4v) is 1.62. The zero-order chi connectivity index (χ0) is 13.1. The Kier molecular flexibility index (Phi) is 2.94. The predicted octanol–water partition coefficient (Wildman–Crippen LogP) is 1.41. The fourth-order valence-electron chi connectivity index (χ4n) is 1.62. The standard InChI is InChI=1S/C13H8N2O3/c14-8-10-6-7-11(13(17)18)12(16)15(10)9-4-2-1-3-5-9/h1-7H,(H,17,18). The van der Waals surface area contributed by atoms with E-state index < -0.39 is 11.5 Å². The maximum absolute atomic E-state index is 12.0. The Morgan fingerprint density at radius 3 is 2.39 bits per heavy atom. The molecule has 2 rings (SSSR count). The average Bonchev–Trinajstić information content (AvgIpc) is 2.38. The minimum atomic E-state index is -1.31. The maximum Gasteiger partial charge on any atom is 0.341 e. The van der Waals surface area contributed by atoms with Crippen LogP contribution in [0.3, 0.4) is 0 Å². The topological polar surface area (TPSA) is 83.1 Å². The summed E-state index contributed by atoms with van der Waals surface area (Å²) < 4.78 is 1.09. The van der Waals surface area contributed by atoms with Crippen LogP contribution in [0, 0.1) is 11.3 Å². The molecule has 0 spiro atoms. The van der Waals surface area contributed by atoms with Gasteiger partial charge in [-0.1, -0.05) is 18.2 Å². The molecule has 0 saturated carbocycles.